The number of amides is 1. The average molecular weight is 263 g/mol. The predicted octanol–water partition coefficient (Wildman–Crippen LogP) is 2.10. The lowest BCUT2D eigenvalue weighted by atomic mass is 9.57. The monoisotopic (exact) mass is 263 g/mol. The Morgan fingerprint density at radius 2 is 2.05 bits per heavy atom. The molecular formula is C15H21NO3. The Balaban J connectivity index is 2.07. The van der Waals surface area contributed by atoms with Crippen LogP contribution < -0.4 is 0 Å². The van der Waals surface area contributed by atoms with Crippen molar-refractivity contribution in [3.8, 4) is 0 Å². The first-order valence-electron chi connectivity index (χ1n) is 7.00. The molecule has 2 bridgehead atoms. The maximum Gasteiger partial charge on any atom is 0.322 e. The summed E-state index contributed by atoms with van der Waals surface area (Å²) in [6.45, 7) is 7.36. The van der Waals surface area contributed by atoms with Gasteiger partial charge in [-0.05, 0) is 24.7 Å². The molecule has 4 nitrogen and oxygen atoms in total. The van der Waals surface area contributed by atoms with Crippen molar-refractivity contribution in [2.45, 2.75) is 40.0 Å². The third kappa shape index (κ3) is 1.30. The fraction of sp³-hybridized carbons (Fsp3) is 0.733. The lowest BCUT2D eigenvalue weighted by Crippen LogP contribution is -2.60. The van der Waals surface area contributed by atoms with Gasteiger partial charge in [0, 0.05) is 18.2 Å². The summed E-state index contributed by atoms with van der Waals surface area (Å²) in [6, 6.07) is 0. The Morgan fingerprint density at radius 3 is 2.68 bits per heavy atom. The van der Waals surface area contributed by atoms with Gasteiger partial charge in [0.1, 0.15) is 0 Å². The summed E-state index contributed by atoms with van der Waals surface area (Å²) in [6.07, 6.45) is 6.14. The molecule has 19 heavy (non-hydrogen) atoms. The standard InChI is InChI=1S/C15H21NO3/c1-13(2)14(3)6-7-15(13,12(18)19-10-14)11(17)16-8-4-5-9-16/h4,8H,5-7,9-10H2,1-3H3/t14-,15-/m0/s1. The summed E-state index contributed by atoms with van der Waals surface area (Å²) in [4.78, 5) is 27.1. The summed E-state index contributed by atoms with van der Waals surface area (Å²) < 4.78 is 5.38. The highest BCUT2D eigenvalue weighted by atomic mass is 16.5. The van der Waals surface area contributed by atoms with E-state index in [2.05, 4.69) is 20.8 Å². The summed E-state index contributed by atoms with van der Waals surface area (Å²) in [5.41, 5.74) is -1.45. The molecule has 2 aliphatic heterocycles. The van der Waals surface area contributed by atoms with Gasteiger partial charge in [-0.2, -0.15) is 0 Å². The van der Waals surface area contributed by atoms with Gasteiger partial charge in [0.2, 0.25) is 5.91 Å². The number of rotatable bonds is 1. The summed E-state index contributed by atoms with van der Waals surface area (Å²) in [5.74, 6) is -0.391. The lowest BCUT2D eigenvalue weighted by Gasteiger charge is -2.50. The fourth-order valence-corrected chi connectivity index (χ4v) is 3.93. The summed E-state index contributed by atoms with van der Waals surface area (Å²) >= 11 is 0. The first-order valence-corrected chi connectivity index (χ1v) is 7.00. The van der Waals surface area contributed by atoms with Crippen LogP contribution in [-0.4, -0.2) is 29.9 Å². The number of cyclic esters (lactones) is 1. The molecule has 3 aliphatic rings. The van der Waals surface area contributed by atoms with E-state index in [4.69, 9.17) is 4.74 Å². The first kappa shape index (κ1) is 12.7. The van der Waals surface area contributed by atoms with Crippen molar-refractivity contribution in [3.05, 3.63) is 12.3 Å². The van der Waals surface area contributed by atoms with E-state index >= 15 is 0 Å². The van der Waals surface area contributed by atoms with E-state index in [1.807, 2.05) is 12.3 Å². The van der Waals surface area contributed by atoms with Gasteiger partial charge in [0.05, 0.1) is 6.61 Å². The number of carbonyl (C=O) groups excluding carboxylic acids is 2. The second-order valence-corrected chi connectivity index (χ2v) is 6.84. The van der Waals surface area contributed by atoms with E-state index in [0.29, 0.717) is 19.6 Å². The van der Waals surface area contributed by atoms with Crippen LogP contribution in [0.3, 0.4) is 0 Å². The molecule has 4 heteroatoms. The van der Waals surface area contributed by atoms with Crippen molar-refractivity contribution >= 4 is 11.9 Å². The molecular weight excluding hydrogens is 242 g/mol. The SMILES string of the molecule is CC1(C)[C@@]2(C)CC[C@]1(C(=O)N1C=CCC1)C(=O)OC2. The molecule has 2 fully saturated rings. The predicted molar refractivity (Wildman–Crippen MR) is 70.0 cm³/mol. The van der Waals surface area contributed by atoms with Crippen LogP contribution in [0.5, 0.6) is 0 Å². The van der Waals surface area contributed by atoms with Crippen molar-refractivity contribution in [1.29, 1.82) is 0 Å². The number of fused-ring (bicyclic) bond motifs is 2. The Bertz CT molecular complexity index is 482. The van der Waals surface area contributed by atoms with Crippen LogP contribution in [0.4, 0.5) is 0 Å². The van der Waals surface area contributed by atoms with Crippen LogP contribution in [0.15, 0.2) is 12.3 Å². The van der Waals surface area contributed by atoms with Gasteiger partial charge in [-0.25, -0.2) is 0 Å². The number of nitrogens with zero attached hydrogens (tertiary/aromatic N) is 1. The van der Waals surface area contributed by atoms with E-state index in [9.17, 15) is 9.59 Å². The highest BCUT2D eigenvalue weighted by Gasteiger charge is 2.72. The van der Waals surface area contributed by atoms with Gasteiger partial charge in [-0.1, -0.05) is 26.8 Å². The molecule has 3 rings (SSSR count). The van der Waals surface area contributed by atoms with Crippen molar-refractivity contribution in [1.82, 2.24) is 4.90 Å². The van der Waals surface area contributed by atoms with Crippen LogP contribution in [-0.2, 0) is 14.3 Å². The van der Waals surface area contributed by atoms with Crippen LogP contribution in [0.25, 0.3) is 0 Å². The Kier molecular flexibility index (Phi) is 2.42. The third-order valence-corrected chi connectivity index (χ3v) is 5.95. The zero-order valence-corrected chi connectivity index (χ0v) is 11.9. The van der Waals surface area contributed by atoms with Crippen molar-refractivity contribution in [3.63, 3.8) is 0 Å². The van der Waals surface area contributed by atoms with Crippen LogP contribution in [0.2, 0.25) is 0 Å². The van der Waals surface area contributed by atoms with Gasteiger partial charge in [-0.3, -0.25) is 9.59 Å². The molecule has 0 N–H and O–H groups in total. The molecule has 0 aromatic rings. The molecule has 0 aromatic heterocycles. The number of ether oxygens (including phenoxy) is 1. The number of esters is 1. The molecule has 0 unspecified atom stereocenters. The van der Waals surface area contributed by atoms with E-state index in [0.717, 1.165) is 12.8 Å². The minimum atomic E-state index is -0.991. The minimum Gasteiger partial charge on any atom is -0.464 e. The zero-order valence-electron chi connectivity index (χ0n) is 11.9. The topological polar surface area (TPSA) is 46.6 Å². The van der Waals surface area contributed by atoms with Crippen LogP contribution in [0, 0.1) is 16.2 Å². The lowest BCUT2D eigenvalue weighted by molar-refractivity contribution is -0.192. The molecule has 0 aromatic carbocycles. The second kappa shape index (κ2) is 3.62. The third-order valence-electron chi connectivity index (χ3n) is 5.95. The molecule has 2 atom stereocenters. The van der Waals surface area contributed by atoms with Gasteiger partial charge >= 0.3 is 5.97 Å². The normalized spacial score (nSPS) is 39.5. The largest absolute Gasteiger partial charge is 0.464 e. The Labute approximate surface area is 113 Å². The molecule has 2 heterocycles. The van der Waals surface area contributed by atoms with E-state index in [1.54, 1.807) is 4.90 Å². The number of carbonyl (C=O) groups is 2. The minimum absolute atomic E-state index is 0.0697. The second-order valence-electron chi connectivity index (χ2n) is 6.84. The molecule has 1 amide bonds. The highest BCUT2D eigenvalue weighted by molar-refractivity contribution is 6.05. The fourth-order valence-electron chi connectivity index (χ4n) is 3.93. The number of hydrogen-bond donors (Lipinski definition) is 0. The van der Waals surface area contributed by atoms with E-state index in [-0.39, 0.29) is 22.7 Å². The average Bonchev–Trinajstić information content (AvgIpc) is 2.91. The smallest absolute Gasteiger partial charge is 0.322 e. The molecule has 1 saturated carbocycles. The maximum atomic E-state index is 12.9. The number of hydrogen-bond acceptors (Lipinski definition) is 3. The van der Waals surface area contributed by atoms with Gasteiger partial charge < -0.3 is 9.64 Å². The van der Waals surface area contributed by atoms with Gasteiger partial charge in [0.25, 0.3) is 0 Å². The molecule has 0 spiro atoms. The Morgan fingerprint density at radius 1 is 1.32 bits per heavy atom. The van der Waals surface area contributed by atoms with Crippen molar-refractivity contribution < 1.29 is 14.3 Å². The summed E-state index contributed by atoms with van der Waals surface area (Å²) in [5, 5.41) is 0. The first-order chi connectivity index (χ1) is 8.85. The van der Waals surface area contributed by atoms with E-state index in [1.165, 1.54) is 0 Å². The molecule has 0 radical (unpaired) electrons. The van der Waals surface area contributed by atoms with Gasteiger partial charge in [0.15, 0.2) is 5.41 Å². The highest BCUT2D eigenvalue weighted by Crippen LogP contribution is 2.66. The van der Waals surface area contributed by atoms with Crippen LogP contribution >= 0.6 is 0 Å². The molecule has 1 saturated heterocycles. The van der Waals surface area contributed by atoms with Crippen molar-refractivity contribution in [2.24, 2.45) is 16.2 Å². The van der Waals surface area contributed by atoms with E-state index < -0.39 is 5.41 Å². The van der Waals surface area contributed by atoms with Gasteiger partial charge in [-0.15, -0.1) is 0 Å². The quantitative estimate of drug-likeness (QED) is 0.537. The zero-order chi connectivity index (χ0) is 13.9. The van der Waals surface area contributed by atoms with Crippen LogP contribution in [0.1, 0.15) is 40.0 Å². The van der Waals surface area contributed by atoms with Crippen molar-refractivity contribution in [2.75, 3.05) is 13.2 Å². The molecule has 1 aliphatic carbocycles. The molecule has 104 valence electrons. The summed E-state index contributed by atoms with van der Waals surface area (Å²) in [7, 11) is 0. The Hall–Kier alpha value is -1.32. The maximum absolute atomic E-state index is 12.9.